The molecule has 1 unspecified atom stereocenters. The average molecular weight is 235 g/mol. The number of benzene rings is 1. The Morgan fingerprint density at radius 2 is 1.82 bits per heavy atom. The van der Waals surface area contributed by atoms with Gasteiger partial charge in [-0.05, 0) is 12.0 Å². The molecule has 1 rings (SSSR count). The third-order valence-corrected chi connectivity index (χ3v) is 3.59. The van der Waals surface area contributed by atoms with Gasteiger partial charge >= 0.3 is 0 Å². The van der Waals surface area contributed by atoms with Crippen molar-refractivity contribution in [3.05, 3.63) is 35.9 Å². The Morgan fingerprint density at radius 1 is 1.12 bits per heavy atom. The van der Waals surface area contributed by atoms with Crippen LogP contribution in [0.4, 0.5) is 0 Å². The molecule has 1 aromatic carbocycles. The van der Waals surface area contributed by atoms with Gasteiger partial charge in [-0.1, -0.05) is 62.9 Å². The summed E-state index contributed by atoms with van der Waals surface area (Å²) in [5, 5.41) is 9.71. The summed E-state index contributed by atoms with van der Waals surface area (Å²) in [5.74, 6) is 0. The standard InChI is InChI=1S/C15H25NO/c1-2-3-4-8-11-15(12-16,13-17)14-9-6-5-7-10-14/h5-7,9-10,17H,2-4,8,11-13,16H2,1H3. The van der Waals surface area contributed by atoms with E-state index in [0.29, 0.717) is 6.54 Å². The summed E-state index contributed by atoms with van der Waals surface area (Å²) in [6.07, 6.45) is 5.84. The first-order valence-corrected chi connectivity index (χ1v) is 6.65. The third-order valence-electron chi connectivity index (χ3n) is 3.59. The Labute approximate surface area is 105 Å². The minimum absolute atomic E-state index is 0.139. The maximum absolute atomic E-state index is 9.71. The Kier molecular flexibility index (Phi) is 6.23. The molecule has 0 aliphatic carbocycles. The number of aliphatic hydroxyl groups is 1. The van der Waals surface area contributed by atoms with Gasteiger partial charge in [0.1, 0.15) is 0 Å². The molecule has 2 heteroatoms. The highest BCUT2D eigenvalue weighted by atomic mass is 16.3. The van der Waals surface area contributed by atoms with Crippen molar-refractivity contribution in [2.45, 2.75) is 44.4 Å². The maximum atomic E-state index is 9.71. The van der Waals surface area contributed by atoms with Gasteiger partial charge in [0.2, 0.25) is 0 Å². The smallest absolute Gasteiger partial charge is 0.0540 e. The molecule has 0 bridgehead atoms. The first-order valence-electron chi connectivity index (χ1n) is 6.65. The third kappa shape index (κ3) is 3.83. The molecule has 0 radical (unpaired) electrons. The van der Waals surface area contributed by atoms with E-state index in [1.165, 1.54) is 24.8 Å². The van der Waals surface area contributed by atoms with Gasteiger partial charge in [0.05, 0.1) is 6.61 Å². The highest BCUT2D eigenvalue weighted by Crippen LogP contribution is 2.29. The molecule has 0 fully saturated rings. The molecule has 1 atom stereocenters. The van der Waals surface area contributed by atoms with E-state index in [1.54, 1.807) is 0 Å². The Morgan fingerprint density at radius 3 is 2.35 bits per heavy atom. The highest BCUT2D eigenvalue weighted by molar-refractivity contribution is 5.26. The summed E-state index contributed by atoms with van der Waals surface area (Å²) in [7, 11) is 0. The van der Waals surface area contributed by atoms with E-state index in [9.17, 15) is 5.11 Å². The van der Waals surface area contributed by atoms with Crippen molar-refractivity contribution in [3.8, 4) is 0 Å². The Balaban J connectivity index is 2.68. The van der Waals surface area contributed by atoms with Crippen LogP contribution >= 0.6 is 0 Å². The number of hydrogen-bond donors (Lipinski definition) is 2. The normalized spacial score (nSPS) is 14.5. The highest BCUT2D eigenvalue weighted by Gasteiger charge is 2.29. The van der Waals surface area contributed by atoms with Crippen LogP contribution in [0.2, 0.25) is 0 Å². The lowest BCUT2D eigenvalue weighted by atomic mass is 9.77. The van der Waals surface area contributed by atoms with Crippen LogP contribution in [0.5, 0.6) is 0 Å². The molecule has 0 saturated heterocycles. The molecule has 17 heavy (non-hydrogen) atoms. The molecule has 0 aliphatic heterocycles. The van der Waals surface area contributed by atoms with Crippen LogP contribution in [-0.2, 0) is 5.41 Å². The van der Waals surface area contributed by atoms with Crippen LogP contribution in [0.15, 0.2) is 30.3 Å². The molecule has 96 valence electrons. The predicted octanol–water partition coefficient (Wildman–Crippen LogP) is 2.85. The van der Waals surface area contributed by atoms with Gasteiger partial charge in [-0.15, -0.1) is 0 Å². The molecule has 0 aliphatic rings. The molecule has 0 amide bonds. The fourth-order valence-electron chi connectivity index (χ4n) is 2.28. The zero-order valence-corrected chi connectivity index (χ0v) is 10.9. The number of rotatable bonds is 8. The van der Waals surface area contributed by atoms with Crippen molar-refractivity contribution in [1.82, 2.24) is 0 Å². The van der Waals surface area contributed by atoms with E-state index >= 15 is 0 Å². The topological polar surface area (TPSA) is 46.2 Å². The van der Waals surface area contributed by atoms with Crippen molar-refractivity contribution in [3.63, 3.8) is 0 Å². The van der Waals surface area contributed by atoms with Gasteiger partial charge in [0, 0.05) is 12.0 Å². The number of hydrogen-bond acceptors (Lipinski definition) is 2. The van der Waals surface area contributed by atoms with Crippen LogP contribution in [0.25, 0.3) is 0 Å². The van der Waals surface area contributed by atoms with Crippen LogP contribution < -0.4 is 5.73 Å². The van der Waals surface area contributed by atoms with E-state index in [0.717, 1.165) is 12.8 Å². The predicted molar refractivity (Wildman–Crippen MR) is 73.0 cm³/mol. The van der Waals surface area contributed by atoms with Crippen molar-refractivity contribution in [1.29, 1.82) is 0 Å². The van der Waals surface area contributed by atoms with E-state index in [-0.39, 0.29) is 12.0 Å². The van der Waals surface area contributed by atoms with Crippen molar-refractivity contribution < 1.29 is 5.11 Å². The lowest BCUT2D eigenvalue weighted by Gasteiger charge is -2.31. The number of nitrogens with two attached hydrogens (primary N) is 1. The fourth-order valence-corrected chi connectivity index (χ4v) is 2.28. The zero-order valence-electron chi connectivity index (χ0n) is 10.9. The summed E-state index contributed by atoms with van der Waals surface area (Å²) >= 11 is 0. The number of aliphatic hydroxyl groups excluding tert-OH is 1. The van der Waals surface area contributed by atoms with E-state index in [4.69, 9.17) is 5.73 Å². The lowest BCUT2D eigenvalue weighted by Crippen LogP contribution is -2.38. The molecular formula is C15H25NO. The van der Waals surface area contributed by atoms with Crippen LogP contribution in [-0.4, -0.2) is 18.3 Å². The summed E-state index contributed by atoms with van der Waals surface area (Å²) < 4.78 is 0. The average Bonchev–Trinajstić information content (AvgIpc) is 2.41. The number of unbranched alkanes of at least 4 members (excludes halogenated alkanes) is 3. The molecule has 3 N–H and O–H groups in total. The van der Waals surface area contributed by atoms with E-state index in [1.807, 2.05) is 18.2 Å². The first-order chi connectivity index (χ1) is 8.29. The Hall–Kier alpha value is -0.860. The molecule has 0 saturated carbocycles. The summed E-state index contributed by atoms with van der Waals surface area (Å²) in [4.78, 5) is 0. The molecule has 0 heterocycles. The molecule has 0 aromatic heterocycles. The van der Waals surface area contributed by atoms with Gasteiger partial charge < -0.3 is 10.8 Å². The zero-order chi connectivity index (χ0) is 12.6. The lowest BCUT2D eigenvalue weighted by molar-refractivity contribution is 0.184. The molecule has 1 aromatic rings. The van der Waals surface area contributed by atoms with Crippen LogP contribution in [0, 0.1) is 0 Å². The van der Waals surface area contributed by atoms with Crippen LogP contribution in [0.3, 0.4) is 0 Å². The molecule has 0 spiro atoms. The second-order valence-corrected chi connectivity index (χ2v) is 4.82. The quantitative estimate of drug-likeness (QED) is 0.681. The summed E-state index contributed by atoms with van der Waals surface area (Å²) in [5.41, 5.74) is 6.83. The summed E-state index contributed by atoms with van der Waals surface area (Å²) in [6.45, 7) is 2.86. The monoisotopic (exact) mass is 235 g/mol. The first kappa shape index (κ1) is 14.2. The maximum Gasteiger partial charge on any atom is 0.0540 e. The second-order valence-electron chi connectivity index (χ2n) is 4.82. The molecule has 2 nitrogen and oxygen atoms in total. The Bertz CT molecular complexity index is 293. The fraction of sp³-hybridized carbons (Fsp3) is 0.600. The van der Waals surface area contributed by atoms with Crippen molar-refractivity contribution in [2.75, 3.05) is 13.2 Å². The second kappa shape index (κ2) is 7.46. The van der Waals surface area contributed by atoms with E-state index < -0.39 is 0 Å². The van der Waals surface area contributed by atoms with Gasteiger partial charge in [0.25, 0.3) is 0 Å². The van der Waals surface area contributed by atoms with E-state index in [2.05, 4.69) is 19.1 Å². The minimum atomic E-state index is -0.241. The SMILES string of the molecule is CCCCCCC(CN)(CO)c1ccccc1. The van der Waals surface area contributed by atoms with Crippen LogP contribution in [0.1, 0.15) is 44.6 Å². The van der Waals surface area contributed by atoms with Gasteiger partial charge in [-0.2, -0.15) is 0 Å². The molecular weight excluding hydrogens is 210 g/mol. The van der Waals surface area contributed by atoms with Gasteiger partial charge in [0.15, 0.2) is 0 Å². The minimum Gasteiger partial charge on any atom is -0.395 e. The largest absolute Gasteiger partial charge is 0.395 e. The van der Waals surface area contributed by atoms with Gasteiger partial charge in [-0.25, -0.2) is 0 Å². The van der Waals surface area contributed by atoms with Crippen molar-refractivity contribution >= 4 is 0 Å². The van der Waals surface area contributed by atoms with Gasteiger partial charge in [-0.3, -0.25) is 0 Å². The van der Waals surface area contributed by atoms with Crippen molar-refractivity contribution in [2.24, 2.45) is 5.73 Å². The summed E-state index contributed by atoms with van der Waals surface area (Å²) in [6, 6.07) is 10.2.